The number of hydrogen-bond acceptors (Lipinski definition) is 1. The lowest BCUT2D eigenvalue weighted by atomic mass is 9.70. The second kappa shape index (κ2) is 3.12. The molecule has 2 nitrogen and oxygen atoms in total. The van der Waals surface area contributed by atoms with Gasteiger partial charge in [0, 0.05) is 0 Å². The molecule has 0 saturated heterocycles. The molecule has 1 N–H and O–H groups in total. The van der Waals surface area contributed by atoms with Gasteiger partial charge in [-0.2, -0.15) is 13.2 Å². The molecule has 0 radical (unpaired) electrons. The molecule has 3 atom stereocenters. The van der Waals surface area contributed by atoms with Gasteiger partial charge in [0.2, 0.25) is 0 Å². The molecule has 0 aromatic carbocycles. The summed E-state index contributed by atoms with van der Waals surface area (Å²) in [5.74, 6) is -1.32. The van der Waals surface area contributed by atoms with Crippen LogP contribution in [0.5, 0.6) is 0 Å². The van der Waals surface area contributed by atoms with E-state index in [1.807, 2.05) is 0 Å². The molecule has 0 heterocycles. The largest absolute Gasteiger partial charge is 0.481 e. The van der Waals surface area contributed by atoms with Crippen LogP contribution in [0.15, 0.2) is 0 Å². The van der Waals surface area contributed by atoms with Crippen LogP contribution in [0.3, 0.4) is 0 Å². The molecule has 0 amide bonds. The highest BCUT2D eigenvalue weighted by Gasteiger charge is 2.59. The van der Waals surface area contributed by atoms with E-state index in [0.717, 1.165) is 6.42 Å². The average molecular weight is 222 g/mol. The zero-order chi connectivity index (χ0) is 11.3. The molecule has 2 rings (SSSR count). The van der Waals surface area contributed by atoms with Crippen molar-refractivity contribution in [3.8, 4) is 0 Å². The standard InChI is InChI=1S/C10H13F3O2/c11-10(12,13)5-9(8(14)15)4-6-1-2-7(9)3-6/h6-7H,1-5H2,(H,14,15). The Bertz CT molecular complexity index is 287. The molecule has 0 spiro atoms. The Hall–Kier alpha value is -0.740. The van der Waals surface area contributed by atoms with Crippen molar-refractivity contribution in [3.05, 3.63) is 0 Å². The van der Waals surface area contributed by atoms with Crippen LogP contribution in [0.25, 0.3) is 0 Å². The molecule has 2 fully saturated rings. The highest BCUT2D eigenvalue weighted by molar-refractivity contribution is 5.76. The molecule has 0 aromatic heterocycles. The third-order valence-electron chi connectivity index (χ3n) is 3.92. The number of carbonyl (C=O) groups is 1. The lowest BCUT2D eigenvalue weighted by molar-refractivity contribution is -0.185. The van der Waals surface area contributed by atoms with Gasteiger partial charge in [-0.3, -0.25) is 4.79 Å². The number of fused-ring (bicyclic) bond motifs is 2. The molecule has 2 aliphatic rings. The summed E-state index contributed by atoms with van der Waals surface area (Å²) in [5, 5.41) is 9.05. The quantitative estimate of drug-likeness (QED) is 0.780. The van der Waals surface area contributed by atoms with Gasteiger partial charge in [0.1, 0.15) is 0 Å². The molecule has 5 heteroatoms. The predicted molar refractivity (Wildman–Crippen MR) is 46.2 cm³/mol. The van der Waals surface area contributed by atoms with Crippen LogP contribution in [0, 0.1) is 17.3 Å². The summed E-state index contributed by atoms with van der Waals surface area (Å²) in [6.45, 7) is 0. The van der Waals surface area contributed by atoms with Crippen molar-refractivity contribution >= 4 is 5.97 Å². The number of hydrogen-bond donors (Lipinski definition) is 1. The first kappa shape index (κ1) is 10.8. The van der Waals surface area contributed by atoms with Crippen LogP contribution < -0.4 is 0 Å². The molecular formula is C10H13F3O2. The lowest BCUT2D eigenvalue weighted by Crippen LogP contribution is -2.40. The van der Waals surface area contributed by atoms with Crippen LogP contribution >= 0.6 is 0 Å². The van der Waals surface area contributed by atoms with Crippen LogP contribution in [-0.4, -0.2) is 17.3 Å². The SMILES string of the molecule is O=C(O)C1(CC(F)(F)F)CC2CCC1C2. The molecule has 86 valence electrons. The first-order valence-electron chi connectivity index (χ1n) is 5.14. The lowest BCUT2D eigenvalue weighted by Gasteiger charge is -2.34. The highest BCUT2D eigenvalue weighted by Crippen LogP contribution is 2.59. The fourth-order valence-electron chi connectivity index (χ4n) is 3.36. The molecule has 15 heavy (non-hydrogen) atoms. The normalized spacial score (nSPS) is 39.7. The summed E-state index contributed by atoms with van der Waals surface area (Å²) < 4.78 is 37.1. The number of carboxylic acid groups (broad SMARTS) is 1. The number of alkyl halides is 3. The zero-order valence-corrected chi connectivity index (χ0v) is 8.18. The molecule has 2 saturated carbocycles. The Kier molecular flexibility index (Phi) is 2.24. The van der Waals surface area contributed by atoms with Gasteiger partial charge in [0.15, 0.2) is 0 Å². The summed E-state index contributed by atoms with van der Waals surface area (Å²) in [4.78, 5) is 11.1. The summed E-state index contributed by atoms with van der Waals surface area (Å²) in [6.07, 6.45) is -3.10. The van der Waals surface area contributed by atoms with Gasteiger partial charge in [0.25, 0.3) is 0 Å². The van der Waals surface area contributed by atoms with Crippen LogP contribution in [0.1, 0.15) is 32.1 Å². The average Bonchev–Trinajstić information content (AvgIpc) is 2.59. The Morgan fingerprint density at radius 2 is 2.07 bits per heavy atom. The second-order valence-electron chi connectivity index (χ2n) is 4.83. The smallest absolute Gasteiger partial charge is 0.390 e. The van der Waals surface area contributed by atoms with E-state index in [4.69, 9.17) is 5.11 Å². The zero-order valence-electron chi connectivity index (χ0n) is 8.18. The van der Waals surface area contributed by atoms with Crippen LogP contribution in [-0.2, 0) is 4.79 Å². The summed E-state index contributed by atoms with van der Waals surface area (Å²) in [6, 6.07) is 0. The third kappa shape index (κ3) is 1.72. The number of halogens is 3. The second-order valence-corrected chi connectivity index (χ2v) is 4.83. The Labute approximate surface area is 85.5 Å². The van der Waals surface area contributed by atoms with E-state index in [9.17, 15) is 18.0 Å². The molecule has 2 aliphatic carbocycles. The van der Waals surface area contributed by atoms with Crippen molar-refractivity contribution < 1.29 is 23.1 Å². The minimum absolute atomic E-state index is 0.202. The Morgan fingerprint density at radius 3 is 2.40 bits per heavy atom. The van der Waals surface area contributed by atoms with Gasteiger partial charge in [0.05, 0.1) is 11.8 Å². The van der Waals surface area contributed by atoms with Crippen LogP contribution in [0.2, 0.25) is 0 Å². The minimum Gasteiger partial charge on any atom is -0.481 e. The Balaban J connectivity index is 2.23. The third-order valence-corrected chi connectivity index (χ3v) is 3.92. The molecule has 3 unspecified atom stereocenters. The maximum atomic E-state index is 12.4. The van der Waals surface area contributed by atoms with Crippen molar-refractivity contribution in [1.29, 1.82) is 0 Å². The fraction of sp³-hybridized carbons (Fsp3) is 0.900. The van der Waals surface area contributed by atoms with Crippen molar-refractivity contribution in [3.63, 3.8) is 0 Å². The van der Waals surface area contributed by atoms with Crippen molar-refractivity contribution in [2.75, 3.05) is 0 Å². The molecular weight excluding hydrogens is 209 g/mol. The van der Waals surface area contributed by atoms with E-state index >= 15 is 0 Å². The van der Waals surface area contributed by atoms with Gasteiger partial charge in [-0.05, 0) is 31.1 Å². The number of aliphatic carboxylic acids is 1. The first-order valence-corrected chi connectivity index (χ1v) is 5.14. The van der Waals surface area contributed by atoms with E-state index in [-0.39, 0.29) is 18.3 Å². The van der Waals surface area contributed by atoms with E-state index in [1.165, 1.54) is 0 Å². The highest BCUT2D eigenvalue weighted by atomic mass is 19.4. The van der Waals surface area contributed by atoms with E-state index in [1.54, 1.807) is 0 Å². The van der Waals surface area contributed by atoms with E-state index in [2.05, 4.69) is 0 Å². The molecule has 2 bridgehead atoms. The molecule has 0 aliphatic heterocycles. The van der Waals surface area contributed by atoms with Crippen molar-refractivity contribution in [2.45, 2.75) is 38.3 Å². The summed E-state index contributed by atoms with van der Waals surface area (Å²) in [5.41, 5.74) is -1.51. The number of carboxylic acids is 1. The minimum atomic E-state index is -4.37. The summed E-state index contributed by atoms with van der Waals surface area (Å²) in [7, 11) is 0. The topological polar surface area (TPSA) is 37.3 Å². The van der Waals surface area contributed by atoms with Crippen LogP contribution in [0.4, 0.5) is 13.2 Å². The van der Waals surface area contributed by atoms with Gasteiger partial charge >= 0.3 is 12.1 Å². The fourth-order valence-corrected chi connectivity index (χ4v) is 3.36. The van der Waals surface area contributed by atoms with Gasteiger partial charge < -0.3 is 5.11 Å². The predicted octanol–water partition coefficient (Wildman–Crippen LogP) is 2.83. The maximum Gasteiger partial charge on any atom is 0.390 e. The van der Waals surface area contributed by atoms with Gasteiger partial charge in [-0.25, -0.2) is 0 Å². The first-order chi connectivity index (χ1) is 6.83. The van der Waals surface area contributed by atoms with Crippen molar-refractivity contribution in [1.82, 2.24) is 0 Å². The van der Waals surface area contributed by atoms with Crippen molar-refractivity contribution in [2.24, 2.45) is 17.3 Å². The summed E-state index contributed by atoms with van der Waals surface area (Å²) >= 11 is 0. The molecule has 0 aromatic rings. The number of rotatable bonds is 2. The van der Waals surface area contributed by atoms with Gasteiger partial charge in [-0.1, -0.05) is 6.42 Å². The monoisotopic (exact) mass is 222 g/mol. The van der Waals surface area contributed by atoms with E-state index in [0.29, 0.717) is 12.8 Å². The van der Waals surface area contributed by atoms with Gasteiger partial charge in [-0.15, -0.1) is 0 Å². The Morgan fingerprint density at radius 1 is 1.40 bits per heavy atom. The maximum absolute atomic E-state index is 12.4. The van der Waals surface area contributed by atoms with E-state index < -0.39 is 24.0 Å².